The Kier molecular flexibility index (Phi) is 5.19. The molecule has 0 aliphatic heterocycles. The lowest BCUT2D eigenvalue weighted by atomic mass is 9.94. The Morgan fingerprint density at radius 3 is 1.90 bits per heavy atom. The predicted molar refractivity (Wildman–Crippen MR) is 91.8 cm³/mol. The zero-order chi connectivity index (χ0) is 15.4. The van der Waals surface area contributed by atoms with Crippen LogP contribution in [0.2, 0.25) is 0 Å². The number of nitrogens with one attached hydrogen (secondary N) is 1. The van der Waals surface area contributed by atoms with Gasteiger partial charge < -0.3 is 5.32 Å². The topological polar surface area (TPSA) is 12.0 Å². The molecule has 0 amide bonds. The van der Waals surface area contributed by atoms with Gasteiger partial charge in [-0.1, -0.05) is 67.4 Å². The van der Waals surface area contributed by atoms with Crippen LogP contribution in [0.25, 0.3) is 0 Å². The molecular formula is C20H27N. The zero-order valence-electron chi connectivity index (χ0n) is 13.9. The third-order valence-corrected chi connectivity index (χ3v) is 3.82. The van der Waals surface area contributed by atoms with Crippen LogP contribution in [-0.4, -0.2) is 7.05 Å². The van der Waals surface area contributed by atoms with Crippen molar-refractivity contribution >= 4 is 0 Å². The summed E-state index contributed by atoms with van der Waals surface area (Å²) in [6, 6.07) is 16.1. The van der Waals surface area contributed by atoms with Crippen LogP contribution in [0.5, 0.6) is 0 Å². The Labute approximate surface area is 129 Å². The van der Waals surface area contributed by atoms with Crippen LogP contribution in [0.3, 0.4) is 0 Å². The van der Waals surface area contributed by atoms with E-state index in [9.17, 15) is 0 Å². The maximum absolute atomic E-state index is 3.45. The minimum atomic E-state index is 0.261. The maximum atomic E-state index is 3.45. The van der Waals surface area contributed by atoms with E-state index in [1.165, 1.54) is 27.8 Å². The van der Waals surface area contributed by atoms with E-state index in [1.807, 2.05) is 7.05 Å². The van der Waals surface area contributed by atoms with Gasteiger partial charge in [0.15, 0.2) is 0 Å². The van der Waals surface area contributed by atoms with Crippen LogP contribution in [0.1, 0.15) is 47.7 Å². The normalized spacial score (nSPS) is 12.7. The van der Waals surface area contributed by atoms with E-state index in [1.54, 1.807) is 0 Å². The van der Waals surface area contributed by atoms with E-state index < -0.39 is 0 Å². The van der Waals surface area contributed by atoms with Gasteiger partial charge >= 0.3 is 0 Å². The molecule has 0 fully saturated rings. The van der Waals surface area contributed by atoms with Gasteiger partial charge in [0, 0.05) is 0 Å². The van der Waals surface area contributed by atoms with Gasteiger partial charge in [-0.05, 0) is 49.9 Å². The van der Waals surface area contributed by atoms with Crippen LogP contribution in [0.4, 0.5) is 0 Å². The standard InChI is InChI=1S/C20H27N/c1-14(2)10-17-6-8-18(9-7-17)20(21-5)19-12-15(3)11-16(4)13-19/h6-9,11-14,20-21H,10H2,1-5H3. The smallest absolute Gasteiger partial charge is 0.0574 e. The van der Waals surface area contributed by atoms with Crippen molar-refractivity contribution in [3.05, 3.63) is 70.3 Å². The number of aryl methyl sites for hydroxylation is 2. The molecule has 2 aromatic carbocycles. The molecule has 0 saturated carbocycles. The summed E-state index contributed by atoms with van der Waals surface area (Å²) in [5.41, 5.74) is 6.73. The Balaban J connectivity index is 2.28. The fourth-order valence-electron chi connectivity index (χ4n) is 3.02. The largest absolute Gasteiger partial charge is 0.309 e. The molecule has 1 unspecified atom stereocenters. The van der Waals surface area contributed by atoms with Gasteiger partial charge in [0.05, 0.1) is 6.04 Å². The molecule has 112 valence electrons. The Bertz CT molecular complexity index is 561. The third kappa shape index (κ3) is 4.18. The first-order valence-corrected chi connectivity index (χ1v) is 7.84. The molecule has 0 heterocycles. The van der Waals surface area contributed by atoms with E-state index in [0.717, 1.165) is 6.42 Å². The number of benzene rings is 2. The summed E-state index contributed by atoms with van der Waals surface area (Å²) in [6.45, 7) is 8.85. The van der Waals surface area contributed by atoms with Crippen molar-refractivity contribution in [3.8, 4) is 0 Å². The highest BCUT2D eigenvalue weighted by atomic mass is 14.9. The first kappa shape index (κ1) is 15.8. The molecule has 21 heavy (non-hydrogen) atoms. The van der Waals surface area contributed by atoms with E-state index in [2.05, 4.69) is 75.5 Å². The first-order chi connectivity index (χ1) is 9.99. The van der Waals surface area contributed by atoms with Gasteiger partial charge in [-0.25, -0.2) is 0 Å². The SMILES string of the molecule is CNC(c1ccc(CC(C)C)cc1)c1cc(C)cc(C)c1. The molecule has 0 saturated heterocycles. The van der Waals surface area contributed by atoms with Gasteiger partial charge in [-0.3, -0.25) is 0 Å². The van der Waals surface area contributed by atoms with Crippen LogP contribution in [0.15, 0.2) is 42.5 Å². The molecule has 0 aliphatic rings. The van der Waals surface area contributed by atoms with E-state index in [0.29, 0.717) is 5.92 Å². The summed E-state index contributed by atoms with van der Waals surface area (Å²) in [5, 5.41) is 3.45. The van der Waals surface area contributed by atoms with Crippen LogP contribution < -0.4 is 5.32 Å². The Morgan fingerprint density at radius 2 is 1.43 bits per heavy atom. The minimum Gasteiger partial charge on any atom is -0.309 e. The zero-order valence-corrected chi connectivity index (χ0v) is 13.9. The van der Waals surface area contributed by atoms with Gasteiger partial charge in [-0.15, -0.1) is 0 Å². The third-order valence-electron chi connectivity index (χ3n) is 3.82. The molecule has 1 heteroatoms. The highest BCUT2D eigenvalue weighted by molar-refractivity contribution is 5.37. The van der Waals surface area contributed by atoms with Crippen molar-refractivity contribution in [2.75, 3.05) is 7.05 Å². The Hall–Kier alpha value is -1.60. The summed E-state index contributed by atoms with van der Waals surface area (Å²) < 4.78 is 0. The lowest BCUT2D eigenvalue weighted by molar-refractivity contribution is 0.645. The molecule has 1 nitrogen and oxygen atoms in total. The second-order valence-corrected chi connectivity index (χ2v) is 6.48. The van der Waals surface area contributed by atoms with Gasteiger partial charge in [0.1, 0.15) is 0 Å². The fourth-order valence-corrected chi connectivity index (χ4v) is 3.02. The van der Waals surface area contributed by atoms with Crippen LogP contribution in [-0.2, 0) is 6.42 Å². The van der Waals surface area contributed by atoms with Gasteiger partial charge in [-0.2, -0.15) is 0 Å². The molecule has 2 aromatic rings. The summed E-state index contributed by atoms with van der Waals surface area (Å²) in [7, 11) is 2.03. The number of hydrogen-bond donors (Lipinski definition) is 1. The van der Waals surface area contributed by atoms with Gasteiger partial charge in [0.2, 0.25) is 0 Å². The second-order valence-electron chi connectivity index (χ2n) is 6.48. The Morgan fingerprint density at radius 1 is 0.857 bits per heavy atom. The van der Waals surface area contributed by atoms with Crippen molar-refractivity contribution in [1.29, 1.82) is 0 Å². The minimum absolute atomic E-state index is 0.261. The summed E-state index contributed by atoms with van der Waals surface area (Å²) in [5.74, 6) is 0.704. The van der Waals surface area contributed by atoms with Crippen molar-refractivity contribution < 1.29 is 0 Å². The number of rotatable bonds is 5. The van der Waals surface area contributed by atoms with Crippen LogP contribution >= 0.6 is 0 Å². The lowest BCUT2D eigenvalue weighted by Crippen LogP contribution is -2.18. The van der Waals surface area contributed by atoms with Crippen molar-refractivity contribution in [2.45, 2.75) is 40.2 Å². The molecule has 1 N–H and O–H groups in total. The number of hydrogen-bond acceptors (Lipinski definition) is 1. The monoisotopic (exact) mass is 281 g/mol. The molecule has 0 aromatic heterocycles. The lowest BCUT2D eigenvalue weighted by Gasteiger charge is -2.19. The molecular weight excluding hydrogens is 254 g/mol. The van der Waals surface area contributed by atoms with E-state index in [-0.39, 0.29) is 6.04 Å². The van der Waals surface area contributed by atoms with Crippen molar-refractivity contribution in [2.24, 2.45) is 5.92 Å². The average Bonchev–Trinajstić information content (AvgIpc) is 2.40. The molecule has 1 atom stereocenters. The van der Waals surface area contributed by atoms with E-state index >= 15 is 0 Å². The molecule has 0 spiro atoms. The summed E-state index contributed by atoms with van der Waals surface area (Å²) in [4.78, 5) is 0. The second kappa shape index (κ2) is 6.91. The summed E-state index contributed by atoms with van der Waals surface area (Å²) in [6.07, 6.45) is 1.15. The van der Waals surface area contributed by atoms with Gasteiger partial charge in [0.25, 0.3) is 0 Å². The predicted octanol–water partition coefficient (Wildman–Crippen LogP) is 4.81. The van der Waals surface area contributed by atoms with Crippen LogP contribution in [0, 0.1) is 19.8 Å². The summed E-state index contributed by atoms with van der Waals surface area (Å²) >= 11 is 0. The quantitative estimate of drug-likeness (QED) is 0.829. The highest BCUT2D eigenvalue weighted by Crippen LogP contribution is 2.24. The maximum Gasteiger partial charge on any atom is 0.0574 e. The van der Waals surface area contributed by atoms with Crippen molar-refractivity contribution in [1.82, 2.24) is 5.32 Å². The highest BCUT2D eigenvalue weighted by Gasteiger charge is 2.12. The van der Waals surface area contributed by atoms with Crippen molar-refractivity contribution in [3.63, 3.8) is 0 Å². The van der Waals surface area contributed by atoms with E-state index in [4.69, 9.17) is 0 Å². The molecule has 0 aliphatic carbocycles. The fraction of sp³-hybridized carbons (Fsp3) is 0.400. The average molecular weight is 281 g/mol. The molecule has 0 bridgehead atoms. The first-order valence-electron chi connectivity index (χ1n) is 7.84. The molecule has 0 radical (unpaired) electrons. The molecule has 2 rings (SSSR count).